The fourth-order valence-corrected chi connectivity index (χ4v) is 2.55. The number of amides is 1. The molecular weight excluding hydrogens is 270 g/mol. The van der Waals surface area contributed by atoms with E-state index in [4.69, 9.17) is 4.74 Å². The molecule has 2 unspecified atom stereocenters. The molecule has 0 aliphatic carbocycles. The molecule has 0 spiro atoms. The highest BCUT2D eigenvalue weighted by molar-refractivity contribution is 5.86. The first-order valence-electron chi connectivity index (χ1n) is 7.28. The molecule has 114 valence electrons. The molecule has 1 fully saturated rings. The lowest BCUT2D eigenvalue weighted by atomic mass is 10.0. The van der Waals surface area contributed by atoms with Crippen molar-refractivity contribution in [3.63, 3.8) is 0 Å². The van der Waals surface area contributed by atoms with E-state index in [2.05, 4.69) is 0 Å². The number of carboxylic acid groups (broad SMARTS) is 1. The highest BCUT2D eigenvalue weighted by Gasteiger charge is 2.34. The molecule has 0 saturated carbocycles. The third-order valence-corrected chi connectivity index (χ3v) is 3.76. The number of nitrogens with zero attached hydrogens (tertiary/aromatic N) is 1. The van der Waals surface area contributed by atoms with Crippen LogP contribution in [0.25, 0.3) is 0 Å². The summed E-state index contributed by atoms with van der Waals surface area (Å²) in [4.78, 5) is 25.1. The molecule has 0 aromatic heterocycles. The Balaban J connectivity index is 1.93. The van der Waals surface area contributed by atoms with Crippen molar-refractivity contribution < 1.29 is 19.4 Å². The van der Waals surface area contributed by atoms with Crippen LogP contribution in [0, 0.1) is 0 Å². The van der Waals surface area contributed by atoms with Crippen LogP contribution < -0.4 is 0 Å². The van der Waals surface area contributed by atoms with E-state index >= 15 is 0 Å². The lowest BCUT2D eigenvalue weighted by Gasteiger charge is -2.34. The SMILES string of the molecule is CC(OCc1ccccc1)C(=O)N1CCCCC1C(=O)O. The molecule has 21 heavy (non-hydrogen) atoms. The molecule has 1 aromatic rings. The second-order valence-electron chi connectivity index (χ2n) is 5.32. The van der Waals surface area contributed by atoms with Crippen molar-refractivity contribution in [3.05, 3.63) is 35.9 Å². The summed E-state index contributed by atoms with van der Waals surface area (Å²) >= 11 is 0. The van der Waals surface area contributed by atoms with Gasteiger partial charge in [0.2, 0.25) is 0 Å². The number of aliphatic carboxylic acids is 1. The number of hydrogen-bond donors (Lipinski definition) is 1. The normalized spacial score (nSPS) is 20.0. The Morgan fingerprint density at radius 3 is 2.71 bits per heavy atom. The maximum atomic E-state index is 12.4. The smallest absolute Gasteiger partial charge is 0.326 e. The van der Waals surface area contributed by atoms with Gasteiger partial charge >= 0.3 is 5.97 Å². The summed E-state index contributed by atoms with van der Waals surface area (Å²) < 4.78 is 5.59. The van der Waals surface area contributed by atoms with E-state index in [1.54, 1.807) is 6.92 Å². The first-order chi connectivity index (χ1) is 10.1. The second kappa shape index (κ2) is 7.22. The Bertz CT molecular complexity index is 488. The molecule has 5 nitrogen and oxygen atoms in total. The number of hydrogen-bond acceptors (Lipinski definition) is 3. The van der Waals surface area contributed by atoms with Gasteiger partial charge in [-0.05, 0) is 31.7 Å². The van der Waals surface area contributed by atoms with Crippen molar-refractivity contribution in [3.8, 4) is 0 Å². The summed E-state index contributed by atoms with van der Waals surface area (Å²) in [5.74, 6) is -1.17. The number of carboxylic acids is 1. The van der Waals surface area contributed by atoms with Crippen LogP contribution in [0.3, 0.4) is 0 Å². The van der Waals surface area contributed by atoms with Crippen molar-refractivity contribution >= 4 is 11.9 Å². The Hall–Kier alpha value is -1.88. The predicted octanol–water partition coefficient (Wildman–Crippen LogP) is 2.06. The summed E-state index contributed by atoms with van der Waals surface area (Å²) in [7, 11) is 0. The van der Waals surface area contributed by atoms with Gasteiger partial charge in [0, 0.05) is 6.54 Å². The topological polar surface area (TPSA) is 66.8 Å². The second-order valence-corrected chi connectivity index (χ2v) is 5.32. The van der Waals surface area contributed by atoms with Gasteiger partial charge in [0.15, 0.2) is 0 Å². The van der Waals surface area contributed by atoms with Crippen LogP contribution in [0.15, 0.2) is 30.3 Å². The van der Waals surface area contributed by atoms with Crippen LogP contribution in [-0.4, -0.2) is 40.6 Å². The molecular formula is C16H21NO4. The monoisotopic (exact) mass is 291 g/mol. The van der Waals surface area contributed by atoms with Crippen molar-refractivity contribution in [1.29, 1.82) is 0 Å². The number of likely N-dealkylation sites (tertiary alicyclic amines) is 1. The van der Waals surface area contributed by atoms with Crippen molar-refractivity contribution in [2.24, 2.45) is 0 Å². The lowest BCUT2D eigenvalue weighted by Crippen LogP contribution is -2.51. The minimum Gasteiger partial charge on any atom is -0.480 e. The van der Waals surface area contributed by atoms with Gasteiger partial charge in [0.1, 0.15) is 12.1 Å². The number of carbonyl (C=O) groups excluding carboxylic acids is 1. The molecule has 1 amide bonds. The molecule has 2 rings (SSSR count). The number of carbonyl (C=O) groups is 2. The standard InChI is InChI=1S/C16H21NO4/c1-12(21-11-13-7-3-2-4-8-13)15(18)17-10-6-5-9-14(17)16(19)20/h2-4,7-8,12,14H,5-6,9-11H2,1H3,(H,19,20). The van der Waals surface area contributed by atoms with E-state index in [0.29, 0.717) is 19.6 Å². The Labute approximate surface area is 124 Å². The highest BCUT2D eigenvalue weighted by atomic mass is 16.5. The van der Waals surface area contributed by atoms with Crippen LogP contribution in [0.5, 0.6) is 0 Å². The van der Waals surface area contributed by atoms with Gasteiger partial charge < -0.3 is 14.7 Å². The van der Waals surface area contributed by atoms with Gasteiger partial charge in [0.25, 0.3) is 5.91 Å². The average Bonchev–Trinajstić information content (AvgIpc) is 2.52. The van der Waals surface area contributed by atoms with Crippen LogP contribution in [-0.2, 0) is 20.9 Å². The fraction of sp³-hybridized carbons (Fsp3) is 0.500. The third kappa shape index (κ3) is 4.04. The molecule has 5 heteroatoms. The van der Waals surface area contributed by atoms with Gasteiger partial charge in [-0.1, -0.05) is 30.3 Å². The molecule has 1 aromatic carbocycles. The first-order valence-corrected chi connectivity index (χ1v) is 7.28. The third-order valence-electron chi connectivity index (χ3n) is 3.76. The zero-order chi connectivity index (χ0) is 15.2. The number of rotatable bonds is 5. The average molecular weight is 291 g/mol. The van der Waals surface area contributed by atoms with Gasteiger partial charge in [-0.3, -0.25) is 4.79 Å². The first kappa shape index (κ1) is 15.5. The molecule has 0 radical (unpaired) electrons. The van der Waals surface area contributed by atoms with Gasteiger partial charge in [0.05, 0.1) is 6.61 Å². The van der Waals surface area contributed by atoms with Gasteiger partial charge in [-0.2, -0.15) is 0 Å². The number of benzene rings is 1. The molecule has 0 bridgehead atoms. The van der Waals surface area contributed by atoms with E-state index in [9.17, 15) is 14.7 Å². The molecule has 1 saturated heterocycles. The van der Waals surface area contributed by atoms with Crippen molar-refractivity contribution in [1.82, 2.24) is 4.90 Å². The summed E-state index contributed by atoms with van der Waals surface area (Å²) in [6.45, 7) is 2.52. The summed E-state index contributed by atoms with van der Waals surface area (Å²) in [6, 6.07) is 8.89. The fourth-order valence-electron chi connectivity index (χ4n) is 2.55. The zero-order valence-corrected chi connectivity index (χ0v) is 12.2. The van der Waals surface area contributed by atoms with Crippen LogP contribution in [0.2, 0.25) is 0 Å². The van der Waals surface area contributed by atoms with Crippen molar-refractivity contribution in [2.45, 2.75) is 44.9 Å². The van der Waals surface area contributed by atoms with E-state index < -0.39 is 18.1 Å². The minimum atomic E-state index is -0.932. The number of piperidine rings is 1. The molecule has 1 N–H and O–H groups in total. The predicted molar refractivity (Wildman–Crippen MR) is 77.7 cm³/mol. The van der Waals surface area contributed by atoms with Crippen LogP contribution >= 0.6 is 0 Å². The number of ether oxygens (including phenoxy) is 1. The van der Waals surface area contributed by atoms with Crippen LogP contribution in [0.4, 0.5) is 0 Å². The van der Waals surface area contributed by atoms with Crippen LogP contribution in [0.1, 0.15) is 31.7 Å². The maximum absolute atomic E-state index is 12.4. The summed E-state index contributed by atoms with van der Waals surface area (Å²) in [5, 5.41) is 9.21. The molecule has 1 heterocycles. The summed E-state index contributed by atoms with van der Waals surface area (Å²) in [6.07, 6.45) is 1.58. The molecule has 2 atom stereocenters. The van der Waals surface area contributed by atoms with Gasteiger partial charge in [-0.25, -0.2) is 4.79 Å². The van der Waals surface area contributed by atoms with E-state index in [-0.39, 0.29) is 5.91 Å². The van der Waals surface area contributed by atoms with E-state index in [1.165, 1.54) is 4.90 Å². The van der Waals surface area contributed by atoms with Gasteiger partial charge in [-0.15, -0.1) is 0 Å². The Morgan fingerprint density at radius 1 is 1.33 bits per heavy atom. The summed E-state index contributed by atoms with van der Waals surface area (Å²) in [5.41, 5.74) is 0.991. The quantitative estimate of drug-likeness (QED) is 0.901. The maximum Gasteiger partial charge on any atom is 0.326 e. The molecule has 1 aliphatic rings. The highest BCUT2D eigenvalue weighted by Crippen LogP contribution is 2.19. The zero-order valence-electron chi connectivity index (χ0n) is 12.2. The molecule has 1 aliphatic heterocycles. The lowest BCUT2D eigenvalue weighted by molar-refractivity contribution is -0.157. The van der Waals surface area contributed by atoms with E-state index in [1.807, 2.05) is 30.3 Å². The largest absolute Gasteiger partial charge is 0.480 e. The minimum absolute atomic E-state index is 0.238. The van der Waals surface area contributed by atoms with E-state index in [0.717, 1.165) is 18.4 Å². The Morgan fingerprint density at radius 2 is 2.05 bits per heavy atom. The Kier molecular flexibility index (Phi) is 5.33. The van der Waals surface area contributed by atoms with Crippen molar-refractivity contribution in [2.75, 3.05) is 6.54 Å².